The molecule has 1 fully saturated rings. The quantitative estimate of drug-likeness (QED) is 0.538. The molecule has 0 unspecified atom stereocenters. The number of aromatic nitrogens is 2. The van der Waals surface area contributed by atoms with Crippen LogP contribution in [0.5, 0.6) is 0 Å². The molecule has 5 atom stereocenters. The van der Waals surface area contributed by atoms with E-state index in [1.165, 1.54) is 0 Å². The van der Waals surface area contributed by atoms with Crippen LogP contribution in [0.25, 0.3) is 0 Å². The summed E-state index contributed by atoms with van der Waals surface area (Å²) in [6, 6.07) is 7.37. The highest BCUT2D eigenvalue weighted by Crippen LogP contribution is 2.38. The van der Waals surface area contributed by atoms with Crippen molar-refractivity contribution < 1.29 is 14.9 Å². The smallest absolute Gasteiger partial charge is 0.198 e. The molecule has 0 spiro atoms. The van der Waals surface area contributed by atoms with Crippen LogP contribution in [0.2, 0.25) is 5.02 Å². The number of hydrazone groups is 1. The van der Waals surface area contributed by atoms with Crippen molar-refractivity contribution >= 4 is 23.7 Å². The third-order valence-corrected chi connectivity index (χ3v) is 5.42. The Labute approximate surface area is 161 Å². The molecule has 2 aliphatic heterocycles. The van der Waals surface area contributed by atoms with Crippen LogP contribution in [-0.4, -0.2) is 50.1 Å². The number of hydrogen-bond acceptors (Lipinski definition) is 6. The molecule has 1 aromatic heterocycles. The summed E-state index contributed by atoms with van der Waals surface area (Å²) in [6.07, 6.45) is 0.261. The molecule has 8 nitrogen and oxygen atoms in total. The zero-order valence-electron chi connectivity index (χ0n) is 14.6. The average Bonchev–Trinajstić information content (AvgIpc) is 3.23. The Morgan fingerprint density at radius 3 is 2.74 bits per heavy atom. The SMILES string of the molecule is C[C@@H](c1ccc(Cl)cc1)[C@H]1O[C@@H](n2cnc3c2CC=N/C3=N/N)[C@H](O)[C@@H]1O. The molecule has 4 rings (SSSR count). The molecule has 0 amide bonds. The van der Waals surface area contributed by atoms with E-state index in [0.717, 1.165) is 11.3 Å². The van der Waals surface area contributed by atoms with Crippen LogP contribution in [0, 0.1) is 0 Å². The summed E-state index contributed by atoms with van der Waals surface area (Å²) in [5.41, 5.74) is 2.30. The molecule has 9 heteroatoms. The zero-order valence-corrected chi connectivity index (χ0v) is 15.4. The van der Waals surface area contributed by atoms with Crippen LogP contribution in [0.3, 0.4) is 0 Å². The van der Waals surface area contributed by atoms with E-state index in [-0.39, 0.29) is 5.92 Å². The van der Waals surface area contributed by atoms with Gasteiger partial charge in [0.25, 0.3) is 0 Å². The number of imidazole rings is 1. The maximum atomic E-state index is 10.6. The summed E-state index contributed by atoms with van der Waals surface area (Å²) in [6.45, 7) is 1.95. The van der Waals surface area contributed by atoms with Gasteiger partial charge in [-0.05, 0) is 17.7 Å². The van der Waals surface area contributed by atoms with Gasteiger partial charge in [0.15, 0.2) is 12.1 Å². The zero-order chi connectivity index (χ0) is 19.1. The standard InChI is InChI=1S/C18H20ClN5O3/c1-9(10-2-4-11(19)5-3-10)16-14(25)15(26)18(27-16)24-8-22-13-12(24)6-7-21-17(13)23-20/h2-5,7-9,14-16,18,25-26H,6,20H2,1H3/b23-17+/t9-,14-,15+,16+,18+/m0/s1. The molecule has 0 aliphatic carbocycles. The fraction of sp³-hybridized carbons (Fsp3) is 0.389. The van der Waals surface area contributed by atoms with Gasteiger partial charge in [-0.25, -0.2) is 9.98 Å². The molecule has 2 aliphatic rings. The van der Waals surface area contributed by atoms with E-state index in [1.807, 2.05) is 19.1 Å². The topological polar surface area (TPSA) is 118 Å². The second kappa shape index (κ2) is 7.05. The Hall–Kier alpha value is -2.26. The highest BCUT2D eigenvalue weighted by molar-refractivity contribution is 6.30. The first kappa shape index (κ1) is 18.1. The molecule has 0 bridgehead atoms. The lowest BCUT2D eigenvalue weighted by atomic mass is 9.91. The maximum Gasteiger partial charge on any atom is 0.198 e. The first-order chi connectivity index (χ1) is 13.0. The molecule has 4 N–H and O–H groups in total. The third kappa shape index (κ3) is 3.04. The Morgan fingerprint density at radius 1 is 1.30 bits per heavy atom. The minimum absolute atomic E-state index is 0.140. The number of benzene rings is 1. The lowest BCUT2D eigenvalue weighted by Gasteiger charge is -2.23. The van der Waals surface area contributed by atoms with Crippen LogP contribution in [0.1, 0.15) is 36.0 Å². The normalized spacial score (nSPS) is 29.9. The van der Waals surface area contributed by atoms with E-state index in [2.05, 4.69) is 15.1 Å². The molecule has 27 heavy (non-hydrogen) atoms. The second-order valence-electron chi connectivity index (χ2n) is 6.73. The van der Waals surface area contributed by atoms with Crippen molar-refractivity contribution in [3.05, 3.63) is 52.6 Å². The van der Waals surface area contributed by atoms with E-state index in [1.54, 1.807) is 29.2 Å². The number of amidine groups is 1. The number of aliphatic hydroxyl groups excluding tert-OH is 2. The van der Waals surface area contributed by atoms with E-state index < -0.39 is 24.5 Å². The Kier molecular flexibility index (Phi) is 4.73. The van der Waals surface area contributed by atoms with Gasteiger partial charge in [0.2, 0.25) is 0 Å². The number of rotatable bonds is 3. The van der Waals surface area contributed by atoms with Gasteiger partial charge < -0.3 is 25.4 Å². The van der Waals surface area contributed by atoms with E-state index in [4.69, 9.17) is 22.2 Å². The molecular weight excluding hydrogens is 370 g/mol. The maximum absolute atomic E-state index is 10.6. The fourth-order valence-corrected chi connectivity index (χ4v) is 3.78. The Bertz CT molecular complexity index is 895. The Balaban J connectivity index is 1.62. The summed E-state index contributed by atoms with van der Waals surface area (Å²) in [7, 11) is 0. The fourth-order valence-electron chi connectivity index (χ4n) is 3.65. The van der Waals surface area contributed by atoms with Crippen LogP contribution in [0.15, 0.2) is 40.7 Å². The van der Waals surface area contributed by atoms with E-state index in [9.17, 15) is 10.2 Å². The third-order valence-electron chi connectivity index (χ3n) is 5.17. The van der Waals surface area contributed by atoms with Gasteiger partial charge in [-0.2, -0.15) is 5.10 Å². The largest absolute Gasteiger partial charge is 0.387 e. The number of nitrogens with zero attached hydrogens (tertiary/aromatic N) is 4. The first-order valence-corrected chi connectivity index (χ1v) is 9.02. The molecule has 142 valence electrons. The number of aliphatic imine (C=N–C) groups is 1. The minimum Gasteiger partial charge on any atom is -0.387 e. The summed E-state index contributed by atoms with van der Waals surface area (Å²) < 4.78 is 7.80. The summed E-state index contributed by atoms with van der Waals surface area (Å²) in [5, 5.41) is 25.5. The van der Waals surface area contributed by atoms with Crippen LogP contribution < -0.4 is 5.84 Å². The molecule has 3 heterocycles. The van der Waals surface area contributed by atoms with Crippen molar-refractivity contribution in [2.45, 2.75) is 43.8 Å². The van der Waals surface area contributed by atoms with Gasteiger partial charge in [-0.1, -0.05) is 30.7 Å². The lowest BCUT2D eigenvalue weighted by Crippen LogP contribution is -2.34. The van der Waals surface area contributed by atoms with Gasteiger partial charge in [0.1, 0.15) is 17.9 Å². The van der Waals surface area contributed by atoms with Crippen molar-refractivity contribution in [2.24, 2.45) is 15.9 Å². The van der Waals surface area contributed by atoms with Crippen molar-refractivity contribution in [2.75, 3.05) is 0 Å². The van der Waals surface area contributed by atoms with Crippen LogP contribution >= 0.6 is 11.6 Å². The average molecular weight is 390 g/mol. The van der Waals surface area contributed by atoms with Gasteiger partial charge in [-0.15, -0.1) is 0 Å². The van der Waals surface area contributed by atoms with Crippen molar-refractivity contribution in [3.8, 4) is 0 Å². The predicted octanol–water partition coefficient (Wildman–Crippen LogP) is 1.21. The number of nitrogens with two attached hydrogens (primary N) is 1. The summed E-state index contributed by atoms with van der Waals surface area (Å²) >= 11 is 5.95. The number of fused-ring (bicyclic) bond motifs is 1. The van der Waals surface area contributed by atoms with Crippen LogP contribution in [-0.2, 0) is 11.2 Å². The molecule has 0 radical (unpaired) electrons. The van der Waals surface area contributed by atoms with Crippen molar-refractivity contribution in [1.29, 1.82) is 0 Å². The molecular formula is C18H20ClN5O3. The predicted molar refractivity (Wildman–Crippen MR) is 101 cm³/mol. The number of halogens is 1. The minimum atomic E-state index is -1.10. The summed E-state index contributed by atoms with van der Waals surface area (Å²) in [4.78, 5) is 8.42. The highest BCUT2D eigenvalue weighted by atomic mass is 35.5. The van der Waals surface area contributed by atoms with Crippen molar-refractivity contribution in [1.82, 2.24) is 9.55 Å². The number of ether oxygens (including phenoxy) is 1. The Morgan fingerprint density at radius 2 is 2.04 bits per heavy atom. The van der Waals surface area contributed by atoms with Crippen molar-refractivity contribution in [3.63, 3.8) is 0 Å². The van der Waals surface area contributed by atoms with Gasteiger partial charge in [-0.3, -0.25) is 0 Å². The van der Waals surface area contributed by atoms with E-state index in [0.29, 0.717) is 23.0 Å². The molecule has 1 aromatic carbocycles. The van der Waals surface area contributed by atoms with Gasteiger partial charge >= 0.3 is 0 Å². The lowest BCUT2D eigenvalue weighted by molar-refractivity contribution is -0.0443. The van der Waals surface area contributed by atoms with E-state index >= 15 is 0 Å². The van der Waals surface area contributed by atoms with Gasteiger partial charge in [0.05, 0.1) is 18.1 Å². The second-order valence-corrected chi connectivity index (χ2v) is 7.16. The molecule has 2 aromatic rings. The van der Waals surface area contributed by atoms with Gasteiger partial charge in [0, 0.05) is 23.6 Å². The number of aliphatic hydroxyl groups is 2. The summed E-state index contributed by atoms with van der Waals surface area (Å²) in [5.74, 6) is 5.55. The number of hydrogen-bond donors (Lipinski definition) is 3. The molecule has 0 saturated carbocycles. The monoisotopic (exact) mass is 389 g/mol. The first-order valence-electron chi connectivity index (χ1n) is 8.64. The highest BCUT2D eigenvalue weighted by Gasteiger charge is 2.47. The molecule has 1 saturated heterocycles. The van der Waals surface area contributed by atoms with Crippen LogP contribution in [0.4, 0.5) is 0 Å².